The van der Waals surface area contributed by atoms with Gasteiger partial charge in [0.25, 0.3) is 11.8 Å². The van der Waals surface area contributed by atoms with Gasteiger partial charge in [-0.05, 0) is 87.5 Å². The Morgan fingerprint density at radius 2 is 1.27 bits per heavy atom. The number of fused-ring (bicyclic) bond motifs is 2. The fourth-order valence-electron chi connectivity index (χ4n) is 9.75. The predicted octanol–water partition coefficient (Wildman–Crippen LogP) is 6.22. The molecule has 5 heterocycles. The first-order valence-electron chi connectivity index (χ1n) is 23.6. The van der Waals surface area contributed by atoms with Gasteiger partial charge in [0.1, 0.15) is 11.5 Å². The van der Waals surface area contributed by atoms with Crippen LogP contribution in [0, 0.1) is 35.0 Å². The van der Waals surface area contributed by atoms with Crippen LogP contribution in [0.3, 0.4) is 0 Å². The zero-order valence-electron chi connectivity index (χ0n) is 41.6. The third-order valence-electron chi connectivity index (χ3n) is 13.6. The number of hydrogen-bond donors (Lipinski definition) is 2. The number of benzene rings is 2. The molecule has 0 radical (unpaired) electrons. The number of hydrazine groups is 1. The van der Waals surface area contributed by atoms with Crippen molar-refractivity contribution >= 4 is 45.8 Å². The Bertz CT molecular complexity index is 3240. The summed E-state index contributed by atoms with van der Waals surface area (Å²) in [5.74, 6) is -1.58. The van der Waals surface area contributed by atoms with Crippen LogP contribution in [0.1, 0.15) is 75.8 Å². The summed E-state index contributed by atoms with van der Waals surface area (Å²) in [6, 6.07) is 12.8. The number of nitriles is 1. The smallest absolute Gasteiger partial charge is 0.436 e. The van der Waals surface area contributed by atoms with Crippen molar-refractivity contribution < 1.29 is 54.5 Å². The Balaban J connectivity index is 0.000000205. The lowest BCUT2D eigenvalue weighted by molar-refractivity contribution is -0.495. The maximum atomic E-state index is 13.3. The molecule has 2 aliphatic carbocycles. The highest BCUT2D eigenvalue weighted by Gasteiger charge is 2.50. The number of amides is 2. The van der Waals surface area contributed by atoms with E-state index in [0.717, 1.165) is 63.3 Å². The van der Waals surface area contributed by atoms with Crippen LogP contribution in [0.4, 0.5) is 26.3 Å². The molecule has 2 fully saturated rings. The van der Waals surface area contributed by atoms with Crippen LogP contribution >= 0.6 is 0 Å². The van der Waals surface area contributed by atoms with Gasteiger partial charge in [-0.1, -0.05) is 4.68 Å². The van der Waals surface area contributed by atoms with Gasteiger partial charge in [0, 0.05) is 76.4 Å². The van der Waals surface area contributed by atoms with Crippen molar-refractivity contribution in [3.8, 4) is 29.0 Å². The van der Waals surface area contributed by atoms with E-state index < -0.39 is 47.4 Å². The van der Waals surface area contributed by atoms with E-state index in [0.29, 0.717) is 56.2 Å². The minimum Gasteiger partial charge on any atom is -0.497 e. The molecule has 1 atom stereocenters. The zero-order valence-corrected chi connectivity index (χ0v) is 41.6. The molecule has 2 saturated carbocycles. The second kappa shape index (κ2) is 22.2. The first kappa shape index (κ1) is 54.1. The van der Waals surface area contributed by atoms with Crippen LogP contribution in [0.5, 0.6) is 11.5 Å². The molecule has 2 amide bonds. The normalized spacial score (nSPS) is 19.9. The largest absolute Gasteiger partial charge is 0.497 e. The summed E-state index contributed by atoms with van der Waals surface area (Å²) in [5, 5.41) is 22.1. The van der Waals surface area contributed by atoms with Crippen LogP contribution in [0.2, 0.25) is 0 Å². The molecule has 0 spiro atoms. The second-order valence-electron chi connectivity index (χ2n) is 18.4. The van der Waals surface area contributed by atoms with Gasteiger partial charge in [-0.15, -0.1) is 10.2 Å². The molecular weight excluding hydrogens is 985 g/mol. The minimum atomic E-state index is -4.76. The van der Waals surface area contributed by atoms with Gasteiger partial charge in [0.15, 0.2) is 24.9 Å². The molecule has 4 aromatic heterocycles. The number of carbonyl (C=O) groups is 2. The quantitative estimate of drug-likeness (QED) is 0.0890. The molecule has 74 heavy (non-hydrogen) atoms. The van der Waals surface area contributed by atoms with Gasteiger partial charge in [0.2, 0.25) is 17.5 Å². The van der Waals surface area contributed by atoms with Gasteiger partial charge in [-0.3, -0.25) is 43.4 Å². The molecule has 26 heteroatoms. The Morgan fingerprint density at radius 1 is 0.770 bits per heavy atom. The fourth-order valence-corrected chi connectivity index (χ4v) is 9.75. The summed E-state index contributed by atoms with van der Waals surface area (Å²) in [7, 11) is 9.33. The number of hydrazone groups is 1. The van der Waals surface area contributed by atoms with E-state index in [9.17, 15) is 45.5 Å². The van der Waals surface area contributed by atoms with E-state index in [1.54, 1.807) is 58.7 Å². The van der Waals surface area contributed by atoms with Crippen LogP contribution < -0.4 is 31.7 Å². The van der Waals surface area contributed by atoms with E-state index in [-0.39, 0.29) is 40.6 Å². The number of alkyl halides is 6. The number of rotatable bonds is 10. The Hall–Kier alpha value is -7.72. The van der Waals surface area contributed by atoms with Crippen LogP contribution in [-0.4, -0.2) is 94.1 Å². The average Bonchev–Trinajstić information content (AvgIpc) is 4.21. The molecule has 396 valence electrons. The standard InChI is InChI=1S/C23H27F3N6O4.C23H25F3N6O3.C2H3N/c1-30-12-16(19(29-30)23(24,25)26)21(34)28-27-20(33)14-6-4-13(5-7-14)11-32-18-10-15(36-3)8-9-17(18)31(2)22(32)35;1-30-12-16(19(29-30)23(24,25)26)21-28-27-20(35-21)14-6-4-13(5-7-14)11-32-18-10-15(34-3)8-9-17(18)31(2)22(32)33;1-2-3/h8-10,12-14,16H,4-7,11H2,1-3H3,(H-,27,28,33,34);8-10,12-14H,4-7,11H2,1-3H3;1H3/p+1. The van der Waals surface area contributed by atoms with E-state index >= 15 is 0 Å². The number of aryl methyl sites for hydroxylation is 3. The third kappa shape index (κ3) is 11.7. The van der Waals surface area contributed by atoms with Crippen molar-refractivity contribution in [3.05, 3.63) is 75.1 Å². The number of nitrogens with one attached hydrogen (secondary N) is 2. The SMILES string of the molecule is CC#N.COc1ccc2c(c1)n(CC1CCC(C(=O)NNC(=O)C3C=[N+](C)N=C3C(F)(F)F)CC1)c(=O)n2C.COc1ccc2c(c1)n(CC1CCC(c3nnc(-c4cn(C)nc4C(F)(F)F)o3)CC1)c(=O)n2C. The first-order valence-corrected chi connectivity index (χ1v) is 23.6. The van der Waals surface area contributed by atoms with E-state index in [1.165, 1.54) is 27.2 Å². The maximum absolute atomic E-state index is 13.3. The van der Waals surface area contributed by atoms with Crippen molar-refractivity contribution in [1.82, 2.24) is 49.1 Å². The van der Waals surface area contributed by atoms with Crippen molar-refractivity contribution in [1.29, 1.82) is 5.26 Å². The molecule has 20 nitrogen and oxygen atoms in total. The number of halogens is 6. The van der Waals surface area contributed by atoms with Crippen molar-refractivity contribution in [2.24, 2.45) is 49.9 Å². The van der Waals surface area contributed by atoms with Crippen molar-refractivity contribution in [2.45, 2.75) is 89.7 Å². The number of imidazole rings is 2. The fraction of sp³-hybridized carbons (Fsp3) is 0.500. The lowest BCUT2D eigenvalue weighted by Gasteiger charge is -2.28. The van der Waals surface area contributed by atoms with E-state index in [2.05, 4.69) is 31.2 Å². The second-order valence-corrected chi connectivity index (χ2v) is 18.4. The lowest BCUT2D eigenvalue weighted by Crippen LogP contribution is -2.50. The van der Waals surface area contributed by atoms with Gasteiger partial charge in [0.05, 0.1) is 47.9 Å². The van der Waals surface area contributed by atoms with Gasteiger partial charge in [-0.25, -0.2) is 9.59 Å². The number of nitrogens with zero attached hydrogens (tertiary/aromatic N) is 11. The van der Waals surface area contributed by atoms with Gasteiger partial charge in [-0.2, -0.15) is 36.7 Å². The molecule has 2 aromatic carbocycles. The highest BCUT2D eigenvalue weighted by Crippen LogP contribution is 2.40. The molecule has 0 saturated heterocycles. The number of methoxy groups -OCH3 is 2. The van der Waals surface area contributed by atoms with Crippen LogP contribution in [-0.2, 0) is 50.0 Å². The third-order valence-corrected chi connectivity index (χ3v) is 13.6. The molecule has 9 rings (SSSR count). The summed E-state index contributed by atoms with van der Waals surface area (Å²) in [4.78, 5) is 50.5. The van der Waals surface area contributed by atoms with Crippen molar-refractivity contribution in [2.75, 3.05) is 21.3 Å². The predicted molar refractivity (Wildman–Crippen MR) is 256 cm³/mol. The Kier molecular flexibility index (Phi) is 16.2. The number of ether oxygens (including phenoxy) is 2. The molecule has 6 aromatic rings. The monoisotopic (exact) mass is 1040 g/mol. The average molecular weight is 1040 g/mol. The number of hydrogen-bond acceptors (Lipinski definition) is 12. The summed E-state index contributed by atoms with van der Waals surface area (Å²) in [5.41, 5.74) is 4.90. The topological polar surface area (TPSA) is 226 Å². The molecule has 1 aliphatic heterocycles. The molecular formula is C48H56F6N13O7+. The highest BCUT2D eigenvalue weighted by atomic mass is 19.4. The Morgan fingerprint density at radius 3 is 1.76 bits per heavy atom. The first-order chi connectivity index (χ1) is 35.1. The van der Waals surface area contributed by atoms with Crippen molar-refractivity contribution in [3.63, 3.8) is 0 Å². The lowest BCUT2D eigenvalue weighted by atomic mass is 9.81. The zero-order chi connectivity index (χ0) is 53.8. The minimum absolute atomic E-state index is 0.0390. The maximum Gasteiger partial charge on any atom is 0.436 e. The van der Waals surface area contributed by atoms with Crippen LogP contribution in [0.25, 0.3) is 33.5 Å². The molecule has 1 unspecified atom stereocenters. The van der Waals surface area contributed by atoms with Gasteiger partial charge >= 0.3 is 23.7 Å². The summed E-state index contributed by atoms with van der Waals surface area (Å²) in [6.07, 6.45) is -1.54. The molecule has 2 N–H and O–H groups in total. The van der Waals surface area contributed by atoms with E-state index in [1.807, 2.05) is 30.3 Å². The summed E-state index contributed by atoms with van der Waals surface area (Å²) < 4.78 is 104. The van der Waals surface area contributed by atoms with Crippen LogP contribution in [0.15, 0.2) is 61.7 Å². The van der Waals surface area contributed by atoms with Gasteiger partial charge < -0.3 is 13.9 Å². The molecule has 3 aliphatic rings. The Labute approximate surface area is 418 Å². The molecule has 0 bridgehead atoms. The number of carbonyl (C=O) groups excluding carboxylic acids is 2. The number of aromatic nitrogens is 8. The highest BCUT2D eigenvalue weighted by molar-refractivity contribution is 6.18. The van der Waals surface area contributed by atoms with E-state index in [4.69, 9.17) is 19.2 Å². The summed E-state index contributed by atoms with van der Waals surface area (Å²) in [6.45, 7) is 2.51. The summed E-state index contributed by atoms with van der Waals surface area (Å²) >= 11 is 0.